The summed E-state index contributed by atoms with van der Waals surface area (Å²) in [4.78, 5) is 41.1. The molecule has 3 fully saturated rings. The summed E-state index contributed by atoms with van der Waals surface area (Å²) in [6.07, 6.45) is -4.19. The lowest BCUT2D eigenvalue weighted by atomic mass is 9.41. The minimum Gasteiger partial charge on any atom is -0.459 e. The lowest BCUT2D eigenvalue weighted by Crippen LogP contribution is -2.81. The highest BCUT2D eigenvalue weighted by molar-refractivity contribution is 6.73. The SMILES string of the molecule is CC[Si](CC)(CC)O[C@H]1C[C@H]2OC[C@@]2(OC(C)=O)C2[C@H](OC(=O)c3ccccc3)[C@]3(C)C[C@H](O[Si](C)(C)C)C(C)=C([C@@H](O)[C@@H](OC(C)=O)[C@@]21C)C3(C)C. The van der Waals surface area contributed by atoms with E-state index in [2.05, 4.69) is 61.2 Å². The molecular formula is C41H64O10Si2. The quantitative estimate of drug-likeness (QED) is 0.104. The van der Waals surface area contributed by atoms with Crippen molar-refractivity contribution < 1.29 is 47.3 Å². The fourth-order valence-electron chi connectivity index (χ4n) is 10.5. The average molecular weight is 773 g/mol. The molecule has 1 unspecified atom stereocenters. The van der Waals surface area contributed by atoms with Crippen molar-refractivity contribution in [1.29, 1.82) is 0 Å². The molecule has 1 aliphatic heterocycles. The summed E-state index contributed by atoms with van der Waals surface area (Å²) in [6.45, 7) is 25.9. The fourth-order valence-corrected chi connectivity index (χ4v) is 14.6. The van der Waals surface area contributed by atoms with Gasteiger partial charge in [-0.2, -0.15) is 0 Å². The van der Waals surface area contributed by atoms with Crippen molar-refractivity contribution >= 4 is 34.5 Å². The maximum absolute atomic E-state index is 14.5. The molecule has 1 heterocycles. The normalized spacial score (nSPS) is 36.5. The van der Waals surface area contributed by atoms with E-state index in [1.165, 1.54) is 13.8 Å². The molecule has 3 aliphatic carbocycles. The van der Waals surface area contributed by atoms with Crippen LogP contribution < -0.4 is 0 Å². The van der Waals surface area contributed by atoms with Crippen LogP contribution in [0.3, 0.4) is 0 Å². The first-order valence-corrected chi connectivity index (χ1v) is 25.5. The standard InChI is InChI=1S/C41H64O10Si2/c1-14-53(15-2,16-3)51-30-22-31-41(24-46-31,49-27(6)43)34-36(48-37(45)28-20-18-17-19-21-28)39(9)23-29(50-52(11,12)13)25(4)32(38(39,7)8)33(44)35(40(30,34)10)47-26(5)42/h17-21,29-31,33-36,44H,14-16,22-24H2,1-13H3/t29-,30-,31+,33+,34?,35+,36-,39-,40+,41-/m0/s1. The fraction of sp³-hybridized carbons (Fsp3) is 0.732. The van der Waals surface area contributed by atoms with Gasteiger partial charge in [-0.15, -0.1) is 0 Å². The summed E-state index contributed by atoms with van der Waals surface area (Å²) in [5, 5.41) is 13.1. The molecule has 1 saturated heterocycles. The number of fused-ring (bicyclic) bond motifs is 5. The number of aliphatic hydroxyl groups is 1. The van der Waals surface area contributed by atoms with Gasteiger partial charge in [0.15, 0.2) is 22.2 Å². The van der Waals surface area contributed by atoms with E-state index in [1.54, 1.807) is 24.3 Å². The van der Waals surface area contributed by atoms with Crippen LogP contribution in [-0.4, -0.2) is 88.5 Å². The molecule has 1 N–H and O–H groups in total. The summed E-state index contributed by atoms with van der Waals surface area (Å²) in [7, 11) is -4.56. The topological polar surface area (TPSA) is 127 Å². The van der Waals surface area contributed by atoms with Crippen LogP contribution in [0.4, 0.5) is 0 Å². The number of hydrogen-bond donors (Lipinski definition) is 1. The van der Waals surface area contributed by atoms with Gasteiger partial charge in [0.25, 0.3) is 0 Å². The highest BCUT2D eigenvalue weighted by Crippen LogP contribution is 2.68. The zero-order valence-electron chi connectivity index (χ0n) is 34.3. The van der Waals surface area contributed by atoms with Gasteiger partial charge in [-0.3, -0.25) is 9.59 Å². The number of ether oxygens (including phenoxy) is 4. The first-order chi connectivity index (χ1) is 24.6. The summed E-state index contributed by atoms with van der Waals surface area (Å²) < 4.78 is 40.6. The molecule has 2 bridgehead atoms. The van der Waals surface area contributed by atoms with Crippen LogP contribution in [0.1, 0.15) is 92.4 Å². The number of esters is 3. The Morgan fingerprint density at radius 1 is 0.887 bits per heavy atom. The molecule has 0 radical (unpaired) electrons. The maximum Gasteiger partial charge on any atom is 0.338 e. The van der Waals surface area contributed by atoms with Crippen molar-refractivity contribution in [3.8, 4) is 0 Å². The van der Waals surface area contributed by atoms with Gasteiger partial charge in [-0.05, 0) is 79.8 Å². The van der Waals surface area contributed by atoms with Crippen molar-refractivity contribution in [2.75, 3.05) is 6.61 Å². The lowest BCUT2D eigenvalue weighted by molar-refractivity contribution is -0.358. The third-order valence-electron chi connectivity index (χ3n) is 13.8. The van der Waals surface area contributed by atoms with Crippen LogP contribution in [0, 0.1) is 22.2 Å². The van der Waals surface area contributed by atoms with E-state index >= 15 is 0 Å². The van der Waals surface area contributed by atoms with Crippen LogP contribution in [0.5, 0.6) is 0 Å². The van der Waals surface area contributed by atoms with Crippen LogP contribution in [0.25, 0.3) is 0 Å². The first-order valence-electron chi connectivity index (χ1n) is 19.6. The molecule has 1 aromatic carbocycles. The van der Waals surface area contributed by atoms with Crippen LogP contribution in [-0.2, 0) is 37.4 Å². The second-order valence-corrected chi connectivity index (χ2v) is 27.2. The van der Waals surface area contributed by atoms with Gasteiger partial charge in [0.05, 0.1) is 30.3 Å². The zero-order valence-corrected chi connectivity index (χ0v) is 36.3. The molecule has 0 aromatic heterocycles. The number of benzene rings is 1. The Balaban J connectivity index is 1.92. The highest BCUT2D eigenvalue weighted by atomic mass is 28.4. The Kier molecular flexibility index (Phi) is 11.5. The maximum atomic E-state index is 14.5. The number of rotatable bonds is 11. The van der Waals surface area contributed by atoms with Crippen molar-refractivity contribution in [2.24, 2.45) is 22.2 Å². The molecular weight excluding hydrogens is 709 g/mol. The Hall–Kier alpha value is -2.36. The zero-order chi connectivity index (χ0) is 39.5. The molecule has 2 saturated carbocycles. The summed E-state index contributed by atoms with van der Waals surface area (Å²) in [6, 6.07) is 11.5. The molecule has 1 aromatic rings. The molecule has 10 atom stereocenters. The van der Waals surface area contributed by atoms with Crippen LogP contribution in [0.15, 0.2) is 41.5 Å². The predicted molar refractivity (Wildman–Crippen MR) is 207 cm³/mol. The Bertz CT molecular complexity index is 1580. The highest BCUT2D eigenvalue weighted by Gasteiger charge is 2.78. The minimum atomic E-state index is -2.39. The Labute approximate surface area is 318 Å². The number of hydrogen-bond acceptors (Lipinski definition) is 10. The second-order valence-electron chi connectivity index (χ2n) is 18.0. The average Bonchev–Trinajstić information content (AvgIpc) is 3.07. The monoisotopic (exact) mass is 772 g/mol. The van der Waals surface area contributed by atoms with Gasteiger partial charge < -0.3 is 32.9 Å². The van der Waals surface area contributed by atoms with Gasteiger partial charge >= 0.3 is 17.9 Å². The van der Waals surface area contributed by atoms with Gasteiger partial charge in [-0.25, -0.2) is 4.79 Å². The Morgan fingerprint density at radius 3 is 1.98 bits per heavy atom. The van der Waals surface area contributed by atoms with Crippen molar-refractivity contribution in [3.05, 3.63) is 47.0 Å². The van der Waals surface area contributed by atoms with Crippen molar-refractivity contribution in [3.63, 3.8) is 0 Å². The van der Waals surface area contributed by atoms with E-state index in [4.69, 9.17) is 27.8 Å². The largest absolute Gasteiger partial charge is 0.459 e. The number of carbonyl (C=O) groups excluding carboxylic acids is 3. The summed E-state index contributed by atoms with van der Waals surface area (Å²) in [5.74, 6) is -2.41. The van der Waals surface area contributed by atoms with E-state index in [9.17, 15) is 19.5 Å². The minimum absolute atomic E-state index is 0.0530. The van der Waals surface area contributed by atoms with E-state index in [-0.39, 0.29) is 6.61 Å². The van der Waals surface area contributed by atoms with E-state index in [0.29, 0.717) is 24.0 Å². The molecule has 4 aliphatic rings. The second kappa shape index (κ2) is 14.6. The summed E-state index contributed by atoms with van der Waals surface area (Å²) >= 11 is 0. The smallest absolute Gasteiger partial charge is 0.338 e. The molecule has 0 amide bonds. The lowest BCUT2D eigenvalue weighted by Gasteiger charge is -2.70. The number of aliphatic hydroxyl groups excluding tert-OH is 1. The van der Waals surface area contributed by atoms with E-state index < -0.39 is 98.9 Å². The van der Waals surface area contributed by atoms with Gasteiger partial charge in [0, 0.05) is 31.1 Å². The molecule has 0 spiro atoms. The van der Waals surface area contributed by atoms with Crippen LogP contribution >= 0.6 is 0 Å². The van der Waals surface area contributed by atoms with E-state index in [0.717, 1.165) is 23.7 Å². The molecule has 12 heteroatoms. The van der Waals surface area contributed by atoms with Crippen molar-refractivity contribution in [1.82, 2.24) is 0 Å². The van der Waals surface area contributed by atoms with Gasteiger partial charge in [0.1, 0.15) is 24.4 Å². The summed E-state index contributed by atoms with van der Waals surface area (Å²) in [5.41, 5.74) is -2.29. The van der Waals surface area contributed by atoms with Gasteiger partial charge in [0.2, 0.25) is 0 Å². The van der Waals surface area contributed by atoms with Crippen LogP contribution in [0.2, 0.25) is 37.8 Å². The van der Waals surface area contributed by atoms with Gasteiger partial charge in [-0.1, -0.05) is 66.7 Å². The molecule has 296 valence electrons. The molecule has 53 heavy (non-hydrogen) atoms. The predicted octanol–water partition coefficient (Wildman–Crippen LogP) is 7.61. The molecule has 10 nitrogen and oxygen atoms in total. The third-order valence-corrected chi connectivity index (χ3v) is 19.5. The van der Waals surface area contributed by atoms with E-state index in [1.807, 2.05) is 19.9 Å². The third kappa shape index (κ3) is 6.92. The first kappa shape index (κ1) is 41.8. The number of carbonyl (C=O) groups is 3. The molecule has 5 rings (SSSR count). The Morgan fingerprint density at radius 2 is 1.49 bits per heavy atom. The van der Waals surface area contributed by atoms with Crippen molar-refractivity contribution in [2.45, 2.75) is 162 Å².